The van der Waals surface area contributed by atoms with E-state index in [0.29, 0.717) is 24.6 Å². The Morgan fingerprint density at radius 3 is 2.45 bits per heavy atom. The molecule has 0 spiro atoms. The highest BCUT2D eigenvalue weighted by atomic mass is 16.5. The number of hydrogen-bond acceptors (Lipinski definition) is 3. The quantitative estimate of drug-likeness (QED) is 0.718. The van der Waals surface area contributed by atoms with Gasteiger partial charge in [-0.1, -0.05) is 27.2 Å². The molecule has 0 aliphatic heterocycles. The minimum atomic E-state index is -0.0886. The van der Waals surface area contributed by atoms with Crippen molar-refractivity contribution in [2.75, 3.05) is 13.2 Å². The molecule has 1 atom stereocenters. The first-order chi connectivity index (χ1) is 9.58. The normalized spacial score (nSPS) is 12.2. The molecule has 0 aliphatic rings. The van der Waals surface area contributed by atoms with Crippen molar-refractivity contribution >= 4 is 5.91 Å². The molecule has 0 aromatic heterocycles. The van der Waals surface area contributed by atoms with Crippen LogP contribution in [-0.4, -0.2) is 25.1 Å². The summed E-state index contributed by atoms with van der Waals surface area (Å²) in [5.41, 5.74) is 6.29. The summed E-state index contributed by atoms with van der Waals surface area (Å²) in [7, 11) is 0. The lowest BCUT2D eigenvalue weighted by atomic mass is 10.0. The summed E-state index contributed by atoms with van der Waals surface area (Å²) >= 11 is 0. The monoisotopic (exact) mass is 278 g/mol. The summed E-state index contributed by atoms with van der Waals surface area (Å²) in [6, 6.07) is 7.23. The third kappa shape index (κ3) is 5.21. The molecule has 20 heavy (non-hydrogen) atoms. The van der Waals surface area contributed by atoms with Gasteiger partial charge in [-0.15, -0.1) is 0 Å². The molecule has 1 aromatic carbocycles. The maximum atomic E-state index is 12.1. The van der Waals surface area contributed by atoms with E-state index in [1.54, 1.807) is 12.1 Å². The first-order valence-electron chi connectivity index (χ1n) is 7.32. The van der Waals surface area contributed by atoms with Gasteiger partial charge in [0.25, 0.3) is 5.91 Å². The average molecular weight is 278 g/mol. The van der Waals surface area contributed by atoms with Crippen LogP contribution in [-0.2, 0) is 0 Å². The highest BCUT2D eigenvalue weighted by Gasteiger charge is 2.15. The summed E-state index contributed by atoms with van der Waals surface area (Å²) in [4.78, 5) is 12.1. The number of carbonyl (C=O) groups excluding carboxylic acids is 1. The van der Waals surface area contributed by atoms with Gasteiger partial charge in [-0.05, 0) is 36.6 Å². The summed E-state index contributed by atoms with van der Waals surface area (Å²) in [6.07, 6.45) is 2.14. The molecule has 0 fully saturated rings. The molecule has 4 heteroatoms. The number of rotatable bonds is 8. The maximum Gasteiger partial charge on any atom is 0.251 e. The van der Waals surface area contributed by atoms with Crippen LogP contribution in [0.25, 0.3) is 0 Å². The average Bonchev–Trinajstić information content (AvgIpc) is 2.45. The minimum Gasteiger partial charge on any atom is -0.494 e. The molecule has 4 nitrogen and oxygen atoms in total. The van der Waals surface area contributed by atoms with E-state index < -0.39 is 0 Å². The fraction of sp³-hybridized carbons (Fsp3) is 0.562. The molecule has 3 N–H and O–H groups in total. The molecule has 1 aromatic rings. The second-order valence-electron chi connectivity index (χ2n) is 5.29. The smallest absolute Gasteiger partial charge is 0.251 e. The molecule has 112 valence electrons. The van der Waals surface area contributed by atoms with Crippen LogP contribution in [0.1, 0.15) is 44.0 Å². The fourth-order valence-electron chi connectivity index (χ4n) is 1.79. The highest BCUT2D eigenvalue weighted by Crippen LogP contribution is 2.13. The summed E-state index contributed by atoms with van der Waals surface area (Å²) in [5.74, 6) is 1.03. The van der Waals surface area contributed by atoms with E-state index in [9.17, 15) is 4.79 Å². The van der Waals surface area contributed by atoms with Gasteiger partial charge in [0, 0.05) is 18.2 Å². The van der Waals surface area contributed by atoms with Crippen molar-refractivity contribution in [1.82, 2.24) is 5.32 Å². The van der Waals surface area contributed by atoms with Gasteiger partial charge in [-0.3, -0.25) is 4.79 Å². The van der Waals surface area contributed by atoms with E-state index in [0.717, 1.165) is 18.6 Å². The Hall–Kier alpha value is -1.55. The number of amides is 1. The Labute approximate surface area is 121 Å². The second kappa shape index (κ2) is 8.59. The van der Waals surface area contributed by atoms with E-state index in [1.807, 2.05) is 26.0 Å². The standard InChI is InChI=1S/C16H26N2O2/c1-4-5-10-20-14-8-6-13(7-9-14)16(19)18-15(11-17)12(2)3/h6-9,12,15H,4-5,10-11,17H2,1-3H3,(H,18,19). The highest BCUT2D eigenvalue weighted by molar-refractivity contribution is 5.94. The second-order valence-corrected chi connectivity index (χ2v) is 5.29. The van der Waals surface area contributed by atoms with E-state index in [1.165, 1.54) is 0 Å². The Balaban J connectivity index is 2.56. The molecule has 1 rings (SSSR count). The molecule has 0 heterocycles. The van der Waals surface area contributed by atoms with Crippen LogP contribution < -0.4 is 15.8 Å². The Morgan fingerprint density at radius 1 is 1.30 bits per heavy atom. The van der Waals surface area contributed by atoms with E-state index in [2.05, 4.69) is 12.2 Å². The predicted molar refractivity (Wildman–Crippen MR) is 82.0 cm³/mol. The maximum absolute atomic E-state index is 12.1. The Morgan fingerprint density at radius 2 is 1.95 bits per heavy atom. The van der Waals surface area contributed by atoms with Crippen LogP contribution in [0.4, 0.5) is 0 Å². The van der Waals surface area contributed by atoms with Gasteiger partial charge in [0.15, 0.2) is 0 Å². The van der Waals surface area contributed by atoms with Gasteiger partial charge in [-0.25, -0.2) is 0 Å². The predicted octanol–water partition coefficient (Wildman–Crippen LogP) is 2.58. The number of carbonyl (C=O) groups is 1. The van der Waals surface area contributed by atoms with Crippen molar-refractivity contribution < 1.29 is 9.53 Å². The molecule has 0 saturated carbocycles. The van der Waals surface area contributed by atoms with E-state index in [-0.39, 0.29) is 11.9 Å². The number of unbranched alkanes of at least 4 members (excludes halogenated alkanes) is 1. The number of nitrogens with one attached hydrogen (secondary N) is 1. The first-order valence-corrected chi connectivity index (χ1v) is 7.32. The van der Waals surface area contributed by atoms with Gasteiger partial charge < -0.3 is 15.8 Å². The Kier molecular flexibility index (Phi) is 7.09. The van der Waals surface area contributed by atoms with Crippen molar-refractivity contribution in [2.24, 2.45) is 11.7 Å². The lowest BCUT2D eigenvalue weighted by Gasteiger charge is -2.20. The van der Waals surface area contributed by atoms with Crippen molar-refractivity contribution in [1.29, 1.82) is 0 Å². The van der Waals surface area contributed by atoms with Gasteiger partial charge >= 0.3 is 0 Å². The van der Waals surface area contributed by atoms with Gasteiger partial charge in [0.1, 0.15) is 5.75 Å². The molecular formula is C16H26N2O2. The zero-order chi connectivity index (χ0) is 15.0. The number of ether oxygens (including phenoxy) is 1. The lowest BCUT2D eigenvalue weighted by molar-refractivity contribution is 0.0927. The van der Waals surface area contributed by atoms with Crippen molar-refractivity contribution in [3.8, 4) is 5.75 Å². The van der Waals surface area contributed by atoms with Crippen LogP contribution in [0, 0.1) is 5.92 Å². The molecule has 1 unspecified atom stereocenters. The third-order valence-electron chi connectivity index (χ3n) is 3.26. The molecule has 0 saturated heterocycles. The molecule has 0 radical (unpaired) electrons. The number of benzene rings is 1. The van der Waals surface area contributed by atoms with Crippen molar-refractivity contribution in [3.05, 3.63) is 29.8 Å². The largest absolute Gasteiger partial charge is 0.494 e. The van der Waals surface area contributed by atoms with Crippen LogP contribution in [0.5, 0.6) is 5.75 Å². The van der Waals surface area contributed by atoms with Gasteiger partial charge in [0.05, 0.1) is 6.61 Å². The summed E-state index contributed by atoms with van der Waals surface area (Å²) < 4.78 is 5.57. The van der Waals surface area contributed by atoms with E-state index in [4.69, 9.17) is 10.5 Å². The van der Waals surface area contributed by atoms with Gasteiger partial charge in [0.2, 0.25) is 0 Å². The van der Waals surface area contributed by atoms with Crippen LogP contribution in [0.2, 0.25) is 0 Å². The number of hydrogen-bond donors (Lipinski definition) is 2. The molecular weight excluding hydrogens is 252 g/mol. The zero-order valence-electron chi connectivity index (χ0n) is 12.7. The SMILES string of the molecule is CCCCOc1ccc(C(=O)NC(CN)C(C)C)cc1. The summed E-state index contributed by atoms with van der Waals surface area (Å²) in [5, 5.41) is 2.95. The van der Waals surface area contributed by atoms with Crippen LogP contribution >= 0.6 is 0 Å². The topological polar surface area (TPSA) is 64.3 Å². The first kappa shape index (κ1) is 16.5. The third-order valence-corrected chi connectivity index (χ3v) is 3.26. The van der Waals surface area contributed by atoms with Crippen LogP contribution in [0.15, 0.2) is 24.3 Å². The minimum absolute atomic E-state index is 0.00276. The molecule has 1 amide bonds. The summed E-state index contributed by atoms with van der Waals surface area (Å²) in [6.45, 7) is 7.37. The van der Waals surface area contributed by atoms with Crippen LogP contribution in [0.3, 0.4) is 0 Å². The Bertz CT molecular complexity index is 401. The van der Waals surface area contributed by atoms with Crippen molar-refractivity contribution in [2.45, 2.75) is 39.7 Å². The molecule has 0 bridgehead atoms. The van der Waals surface area contributed by atoms with E-state index >= 15 is 0 Å². The fourth-order valence-corrected chi connectivity index (χ4v) is 1.79. The van der Waals surface area contributed by atoms with Gasteiger partial charge in [-0.2, -0.15) is 0 Å². The van der Waals surface area contributed by atoms with Crippen molar-refractivity contribution in [3.63, 3.8) is 0 Å². The zero-order valence-corrected chi connectivity index (χ0v) is 12.7. The number of nitrogens with two attached hydrogens (primary N) is 1. The lowest BCUT2D eigenvalue weighted by Crippen LogP contribution is -2.43. The molecule has 0 aliphatic carbocycles.